The van der Waals surface area contributed by atoms with Crippen LogP contribution in [0.3, 0.4) is 0 Å². The number of ether oxygens (including phenoxy) is 1. The molecule has 2 fully saturated rings. The minimum Gasteiger partial charge on any atom is -0.507 e. The number of likely N-dealkylation sites (tertiary alicyclic amines) is 1. The minimum absolute atomic E-state index is 0.0864. The van der Waals surface area contributed by atoms with Crippen molar-refractivity contribution in [2.24, 2.45) is 5.92 Å². The fourth-order valence-electron chi connectivity index (χ4n) is 5.09. The van der Waals surface area contributed by atoms with Gasteiger partial charge in [0, 0.05) is 42.6 Å². The quantitative estimate of drug-likeness (QED) is 0.779. The maximum absolute atomic E-state index is 12.8. The molecule has 2 aromatic rings. The summed E-state index contributed by atoms with van der Waals surface area (Å²) in [6.45, 7) is 4.27. The summed E-state index contributed by atoms with van der Waals surface area (Å²) in [4.78, 5) is 19.4. The fourth-order valence-corrected chi connectivity index (χ4v) is 5.09. The Bertz CT molecular complexity index is 989. The van der Waals surface area contributed by atoms with Crippen LogP contribution in [-0.4, -0.2) is 56.8 Å². The number of carbonyl (C=O) groups is 1. The lowest BCUT2D eigenvalue weighted by Crippen LogP contribution is -2.39. The van der Waals surface area contributed by atoms with Crippen molar-refractivity contribution in [3.8, 4) is 22.8 Å². The molecule has 0 bridgehead atoms. The lowest BCUT2D eigenvalue weighted by Gasteiger charge is -2.31. The second-order valence-corrected chi connectivity index (χ2v) is 8.84. The summed E-state index contributed by atoms with van der Waals surface area (Å²) < 4.78 is 5.51. The number of hydrogen-bond donors (Lipinski definition) is 2. The monoisotopic (exact) mass is 423 g/mol. The number of nitrogens with zero attached hydrogens (tertiary/aromatic N) is 4. The van der Waals surface area contributed by atoms with Crippen LogP contribution in [0.25, 0.3) is 11.3 Å². The Labute approximate surface area is 182 Å². The molecule has 3 heterocycles. The van der Waals surface area contributed by atoms with Gasteiger partial charge in [-0.25, -0.2) is 4.98 Å². The first-order valence-electron chi connectivity index (χ1n) is 11.3. The summed E-state index contributed by atoms with van der Waals surface area (Å²) in [6, 6.07) is 3.84. The van der Waals surface area contributed by atoms with Gasteiger partial charge >= 0.3 is 0 Å². The molecule has 1 amide bonds. The van der Waals surface area contributed by atoms with Gasteiger partial charge < -0.3 is 20.1 Å². The van der Waals surface area contributed by atoms with Crippen molar-refractivity contribution < 1.29 is 14.6 Å². The molecule has 3 aliphatic rings. The Morgan fingerprint density at radius 3 is 2.84 bits per heavy atom. The third-order valence-corrected chi connectivity index (χ3v) is 6.74. The maximum Gasteiger partial charge on any atom is 0.243 e. The number of phenols is 1. The van der Waals surface area contributed by atoms with E-state index < -0.39 is 0 Å². The van der Waals surface area contributed by atoms with E-state index in [1.165, 1.54) is 0 Å². The third kappa shape index (κ3) is 3.91. The van der Waals surface area contributed by atoms with Crippen LogP contribution in [0.5, 0.6) is 11.5 Å². The zero-order chi connectivity index (χ0) is 21.4. The Hall–Kier alpha value is -2.90. The Balaban J connectivity index is 1.29. The maximum atomic E-state index is 12.8. The predicted octanol–water partition coefficient (Wildman–Crippen LogP) is 3.08. The van der Waals surface area contributed by atoms with E-state index in [0.29, 0.717) is 41.8 Å². The first kappa shape index (κ1) is 20.0. The molecule has 1 saturated heterocycles. The zero-order valence-corrected chi connectivity index (χ0v) is 17.9. The molecule has 1 saturated carbocycles. The lowest BCUT2D eigenvalue weighted by molar-refractivity contribution is -0.135. The summed E-state index contributed by atoms with van der Waals surface area (Å²) >= 11 is 0. The molecule has 2 N–H and O–H groups in total. The van der Waals surface area contributed by atoms with E-state index in [2.05, 4.69) is 20.5 Å². The van der Waals surface area contributed by atoms with Crippen LogP contribution in [0.4, 0.5) is 5.95 Å². The molecule has 0 spiro atoms. The molecule has 5 rings (SSSR count). The smallest absolute Gasteiger partial charge is 0.243 e. The molecule has 31 heavy (non-hydrogen) atoms. The molecule has 2 aliphatic heterocycles. The highest BCUT2D eigenvalue weighted by molar-refractivity contribution is 5.79. The van der Waals surface area contributed by atoms with E-state index in [4.69, 9.17) is 4.74 Å². The Kier molecular flexibility index (Phi) is 5.38. The molecule has 2 atom stereocenters. The number of fused-ring (bicyclic) bond motifs is 1. The van der Waals surface area contributed by atoms with Gasteiger partial charge in [-0.3, -0.25) is 4.79 Å². The number of anilines is 1. The van der Waals surface area contributed by atoms with E-state index in [0.717, 1.165) is 62.9 Å². The average Bonchev–Trinajstić information content (AvgIpc) is 3.47. The molecular weight excluding hydrogens is 394 g/mol. The number of aromatic hydroxyl groups is 1. The van der Waals surface area contributed by atoms with E-state index in [9.17, 15) is 9.90 Å². The van der Waals surface area contributed by atoms with Gasteiger partial charge in [0.1, 0.15) is 17.2 Å². The van der Waals surface area contributed by atoms with Crippen molar-refractivity contribution in [3.05, 3.63) is 23.4 Å². The van der Waals surface area contributed by atoms with Crippen LogP contribution in [-0.2, 0) is 11.2 Å². The molecule has 0 unspecified atom stereocenters. The van der Waals surface area contributed by atoms with Gasteiger partial charge in [0.05, 0.1) is 12.3 Å². The average molecular weight is 424 g/mol. The van der Waals surface area contributed by atoms with Gasteiger partial charge in [0.2, 0.25) is 11.9 Å². The molecule has 164 valence electrons. The minimum atomic E-state index is 0.0864. The molecular formula is C23H29N5O3. The summed E-state index contributed by atoms with van der Waals surface area (Å²) in [6.07, 6.45) is 6.73. The SMILES string of the molecule is Cc1nc(N[C@@H]2CCC[C@H](C(=O)N3CCCC3)C2)nnc1-c1ccc2c(c1O)CCO2. The number of aromatic nitrogens is 3. The van der Waals surface area contributed by atoms with Gasteiger partial charge in [-0.05, 0) is 51.2 Å². The van der Waals surface area contributed by atoms with Crippen LogP contribution >= 0.6 is 0 Å². The van der Waals surface area contributed by atoms with Crippen molar-refractivity contribution in [1.29, 1.82) is 0 Å². The number of aryl methyl sites for hydroxylation is 1. The lowest BCUT2D eigenvalue weighted by atomic mass is 9.85. The number of amides is 1. The molecule has 8 heteroatoms. The van der Waals surface area contributed by atoms with Crippen molar-refractivity contribution in [2.75, 3.05) is 25.0 Å². The molecule has 1 aromatic carbocycles. The summed E-state index contributed by atoms with van der Waals surface area (Å²) in [7, 11) is 0. The number of benzene rings is 1. The second-order valence-electron chi connectivity index (χ2n) is 8.84. The summed E-state index contributed by atoms with van der Waals surface area (Å²) in [5.74, 6) is 1.80. The number of nitrogens with one attached hydrogen (secondary N) is 1. The Morgan fingerprint density at radius 2 is 2.03 bits per heavy atom. The van der Waals surface area contributed by atoms with Crippen molar-refractivity contribution >= 4 is 11.9 Å². The molecule has 0 radical (unpaired) electrons. The van der Waals surface area contributed by atoms with Crippen LogP contribution in [0.15, 0.2) is 12.1 Å². The summed E-state index contributed by atoms with van der Waals surface area (Å²) in [5.41, 5.74) is 2.72. The van der Waals surface area contributed by atoms with Gasteiger partial charge in [0.15, 0.2) is 0 Å². The van der Waals surface area contributed by atoms with Crippen molar-refractivity contribution in [3.63, 3.8) is 0 Å². The van der Waals surface area contributed by atoms with Gasteiger partial charge in [-0.1, -0.05) is 6.42 Å². The zero-order valence-electron chi connectivity index (χ0n) is 17.9. The third-order valence-electron chi connectivity index (χ3n) is 6.74. The van der Waals surface area contributed by atoms with Crippen LogP contribution < -0.4 is 10.1 Å². The van der Waals surface area contributed by atoms with E-state index in [1.54, 1.807) is 6.07 Å². The van der Waals surface area contributed by atoms with E-state index in [1.807, 2.05) is 17.9 Å². The van der Waals surface area contributed by atoms with Gasteiger partial charge in [-0.15, -0.1) is 10.2 Å². The van der Waals surface area contributed by atoms with Crippen LogP contribution in [0.1, 0.15) is 49.8 Å². The van der Waals surface area contributed by atoms with Crippen molar-refractivity contribution in [1.82, 2.24) is 20.1 Å². The number of hydrogen-bond acceptors (Lipinski definition) is 7. The molecule has 1 aromatic heterocycles. The fraction of sp³-hybridized carbons (Fsp3) is 0.565. The Morgan fingerprint density at radius 1 is 1.19 bits per heavy atom. The van der Waals surface area contributed by atoms with Crippen molar-refractivity contribution in [2.45, 2.75) is 57.9 Å². The van der Waals surface area contributed by atoms with E-state index >= 15 is 0 Å². The standard InChI is InChI=1S/C23H29N5O3/c1-14-20(18-7-8-19-17(21(18)29)9-12-31-19)26-27-23(24-14)25-16-6-4-5-15(13-16)22(30)28-10-2-3-11-28/h7-8,15-16,29H,2-6,9-13H2,1H3,(H,24,25,27)/t15-,16+/m0/s1. The van der Waals surface area contributed by atoms with Gasteiger partial charge in [0.25, 0.3) is 0 Å². The number of carbonyl (C=O) groups excluding carboxylic acids is 1. The number of rotatable bonds is 4. The van der Waals surface area contributed by atoms with Gasteiger partial charge in [-0.2, -0.15) is 0 Å². The highest BCUT2D eigenvalue weighted by atomic mass is 16.5. The molecule has 1 aliphatic carbocycles. The number of phenolic OH excluding ortho intramolecular Hbond substituents is 1. The van der Waals surface area contributed by atoms with E-state index in [-0.39, 0.29) is 17.7 Å². The first-order chi connectivity index (χ1) is 15.1. The van der Waals surface area contributed by atoms with Crippen LogP contribution in [0.2, 0.25) is 0 Å². The normalized spacial score (nSPS) is 22.8. The first-order valence-corrected chi connectivity index (χ1v) is 11.3. The topological polar surface area (TPSA) is 100 Å². The molecule has 8 nitrogen and oxygen atoms in total. The largest absolute Gasteiger partial charge is 0.507 e. The van der Waals surface area contributed by atoms with Crippen LogP contribution in [0, 0.1) is 12.8 Å². The second kappa shape index (κ2) is 8.32. The highest BCUT2D eigenvalue weighted by Gasteiger charge is 2.32. The predicted molar refractivity (Wildman–Crippen MR) is 116 cm³/mol. The summed E-state index contributed by atoms with van der Waals surface area (Å²) in [5, 5.41) is 22.7. The highest BCUT2D eigenvalue weighted by Crippen LogP contribution is 2.40.